The molecule has 1 aliphatic heterocycles. The summed E-state index contributed by atoms with van der Waals surface area (Å²) in [5, 5.41) is 0. The predicted molar refractivity (Wildman–Crippen MR) is 203 cm³/mol. The molecule has 1 aromatic carbocycles. The average molecular weight is 655 g/mol. The van der Waals surface area contributed by atoms with Gasteiger partial charge in [0.2, 0.25) is 0 Å². The fourth-order valence-electron chi connectivity index (χ4n) is 13.1. The summed E-state index contributed by atoms with van der Waals surface area (Å²) in [6, 6.07) is 10.3. The Hall–Kier alpha value is -2.78. The number of furan rings is 1. The fraction of sp³-hybridized carbons (Fsp3) is 0.609. The van der Waals surface area contributed by atoms with E-state index in [4.69, 9.17) is 4.42 Å². The first-order chi connectivity index (χ1) is 24.0. The van der Waals surface area contributed by atoms with Crippen molar-refractivity contribution in [3.8, 4) is 0 Å². The molecule has 8 atom stereocenters. The summed E-state index contributed by atoms with van der Waals surface area (Å²) in [5.41, 5.74) is 10.9. The maximum absolute atomic E-state index is 6.73. The quantitative estimate of drug-likeness (QED) is 0.306. The van der Waals surface area contributed by atoms with Crippen LogP contribution in [0.5, 0.6) is 0 Å². The third kappa shape index (κ3) is 4.76. The lowest BCUT2D eigenvalue weighted by atomic mass is 9.71. The van der Waals surface area contributed by atoms with Crippen LogP contribution in [0.1, 0.15) is 150 Å². The molecule has 2 saturated carbocycles. The molecule has 0 spiro atoms. The molecule has 3 nitrogen and oxygen atoms in total. The van der Waals surface area contributed by atoms with Gasteiger partial charge < -0.3 is 9.32 Å². The number of benzene rings is 1. The Kier molecular flexibility index (Phi) is 7.52. The Labute approximate surface area is 295 Å². The summed E-state index contributed by atoms with van der Waals surface area (Å²) in [6.45, 7) is 7.45. The predicted octanol–water partition coefficient (Wildman–Crippen LogP) is 11.3. The number of fused-ring (bicyclic) bond motifs is 9. The largest absolute Gasteiger partial charge is 0.465 e. The van der Waals surface area contributed by atoms with E-state index in [1.165, 1.54) is 111 Å². The van der Waals surface area contributed by atoms with Crippen LogP contribution in [0.15, 0.2) is 58.6 Å². The summed E-state index contributed by atoms with van der Waals surface area (Å²) in [6.07, 6.45) is 35.3. The topological polar surface area (TPSA) is 19.6 Å². The molecule has 0 N–H and O–H groups in total. The van der Waals surface area contributed by atoms with Crippen molar-refractivity contribution in [3.05, 3.63) is 87.9 Å². The van der Waals surface area contributed by atoms with E-state index in [2.05, 4.69) is 85.2 Å². The minimum Gasteiger partial charge on any atom is -0.465 e. The SMILES string of the molecule is CC1=CCC(N2C3CCCCC3C3CC(N(C4=CCCc5oc6c(c54)C=CCC6)c4cccc5c4C4CC=CCC4C5(C)C)CCC32)CC1. The highest BCUT2D eigenvalue weighted by Gasteiger charge is 2.54. The second-order valence-electron chi connectivity index (χ2n) is 17.9. The second-order valence-corrected chi connectivity index (χ2v) is 17.9. The maximum atomic E-state index is 6.73. The van der Waals surface area contributed by atoms with E-state index < -0.39 is 0 Å². The first kappa shape index (κ1) is 31.0. The van der Waals surface area contributed by atoms with Crippen molar-refractivity contribution < 1.29 is 4.42 Å². The third-order valence-electron chi connectivity index (χ3n) is 15.2. The molecule has 1 aromatic heterocycles. The summed E-state index contributed by atoms with van der Waals surface area (Å²) in [7, 11) is 0. The first-order valence-corrected chi connectivity index (χ1v) is 20.5. The van der Waals surface area contributed by atoms with Crippen molar-refractivity contribution in [1.29, 1.82) is 0 Å². The molecule has 0 amide bonds. The molecule has 8 aliphatic rings. The molecule has 1 saturated heterocycles. The van der Waals surface area contributed by atoms with Gasteiger partial charge in [-0.05, 0) is 130 Å². The third-order valence-corrected chi connectivity index (χ3v) is 15.2. The highest BCUT2D eigenvalue weighted by atomic mass is 16.3. The Morgan fingerprint density at radius 3 is 2.57 bits per heavy atom. The maximum Gasteiger partial charge on any atom is 0.114 e. The minimum absolute atomic E-state index is 0.196. The van der Waals surface area contributed by atoms with Gasteiger partial charge in [-0.2, -0.15) is 0 Å². The van der Waals surface area contributed by atoms with Gasteiger partial charge in [0.1, 0.15) is 11.5 Å². The monoisotopic (exact) mass is 654 g/mol. The van der Waals surface area contributed by atoms with Crippen LogP contribution >= 0.6 is 0 Å². The highest BCUT2D eigenvalue weighted by Crippen LogP contribution is 2.60. The van der Waals surface area contributed by atoms with E-state index in [-0.39, 0.29) is 5.41 Å². The number of nitrogens with zero attached hydrogens (tertiary/aromatic N) is 2. The fourth-order valence-corrected chi connectivity index (χ4v) is 13.1. The number of hydrogen-bond acceptors (Lipinski definition) is 3. The number of aryl methyl sites for hydroxylation is 2. The van der Waals surface area contributed by atoms with E-state index in [0.29, 0.717) is 17.9 Å². The van der Waals surface area contributed by atoms with Gasteiger partial charge in [0.15, 0.2) is 0 Å². The van der Waals surface area contributed by atoms with Gasteiger partial charge in [-0.25, -0.2) is 0 Å². The van der Waals surface area contributed by atoms with Gasteiger partial charge in [-0.15, -0.1) is 0 Å². The van der Waals surface area contributed by atoms with E-state index >= 15 is 0 Å². The average Bonchev–Trinajstić information content (AvgIpc) is 3.75. The van der Waals surface area contributed by atoms with Crippen molar-refractivity contribution >= 4 is 17.5 Å². The molecule has 258 valence electrons. The summed E-state index contributed by atoms with van der Waals surface area (Å²) in [4.78, 5) is 6.13. The van der Waals surface area contributed by atoms with Gasteiger partial charge in [0.25, 0.3) is 0 Å². The zero-order chi connectivity index (χ0) is 32.9. The summed E-state index contributed by atoms with van der Waals surface area (Å²) in [5.74, 6) is 5.47. The Morgan fingerprint density at radius 2 is 1.67 bits per heavy atom. The molecule has 49 heavy (non-hydrogen) atoms. The van der Waals surface area contributed by atoms with E-state index in [9.17, 15) is 0 Å². The number of anilines is 1. The number of rotatable bonds is 4. The first-order valence-electron chi connectivity index (χ1n) is 20.5. The van der Waals surface area contributed by atoms with Crippen molar-refractivity contribution in [3.63, 3.8) is 0 Å². The van der Waals surface area contributed by atoms with Crippen LogP contribution in [0.2, 0.25) is 0 Å². The van der Waals surface area contributed by atoms with Crippen LogP contribution in [0.25, 0.3) is 11.8 Å². The molecule has 3 fully saturated rings. The van der Waals surface area contributed by atoms with E-state index in [1.807, 2.05) is 0 Å². The van der Waals surface area contributed by atoms with Crippen molar-refractivity contribution in [1.82, 2.24) is 4.90 Å². The summed E-state index contributed by atoms with van der Waals surface area (Å²) >= 11 is 0. The van der Waals surface area contributed by atoms with Gasteiger partial charge in [0.05, 0.1) is 0 Å². The van der Waals surface area contributed by atoms with Gasteiger partial charge >= 0.3 is 0 Å². The standard InChI is InChI=1S/C46H58N2O/c1-29-22-24-30(25-23-29)47-38-17-8-5-12-32(38)35-28-31(26-27-39(35)47)48(41-19-11-21-43-45(41)34-14-6-9-20-42(34)49-43)40-18-10-16-37-44(40)33-13-4-7-15-36(33)46(37,2)3/h4,6-7,10,14,16,18-19,22,30-33,35-36,38-39H,5,8-9,11-13,15,17,20-21,23-28H2,1-3H3. The molecule has 2 aromatic rings. The second kappa shape index (κ2) is 11.9. The molecule has 2 heterocycles. The van der Waals surface area contributed by atoms with Gasteiger partial charge in [-0.1, -0.05) is 80.9 Å². The minimum atomic E-state index is 0.196. The number of likely N-dealkylation sites (tertiary alicyclic amines) is 1. The number of hydrogen-bond donors (Lipinski definition) is 0. The molecular formula is C46H58N2O. The molecule has 8 unspecified atom stereocenters. The normalized spacial score (nSPS) is 35.7. The zero-order valence-corrected chi connectivity index (χ0v) is 30.4. The molecule has 10 rings (SSSR count). The number of allylic oxidation sites excluding steroid dienone is 5. The van der Waals surface area contributed by atoms with Crippen LogP contribution in [0, 0.1) is 17.8 Å². The zero-order valence-electron chi connectivity index (χ0n) is 30.4. The highest BCUT2D eigenvalue weighted by molar-refractivity contribution is 5.88. The lowest BCUT2D eigenvalue weighted by Crippen LogP contribution is -2.49. The van der Waals surface area contributed by atoms with Crippen LogP contribution in [-0.4, -0.2) is 29.1 Å². The Morgan fingerprint density at radius 1 is 0.816 bits per heavy atom. The van der Waals surface area contributed by atoms with Gasteiger partial charge in [-0.3, -0.25) is 4.90 Å². The molecular weight excluding hydrogens is 597 g/mol. The molecule has 7 aliphatic carbocycles. The van der Waals surface area contributed by atoms with Crippen LogP contribution < -0.4 is 4.90 Å². The molecule has 0 radical (unpaired) electrons. The van der Waals surface area contributed by atoms with Crippen LogP contribution in [0.4, 0.5) is 5.69 Å². The summed E-state index contributed by atoms with van der Waals surface area (Å²) < 4.78 is 6.73. The lowest BCUT2D eigenvalue weighted by Gasteiger charge is -2.46. The molecule has 0 bridgehead atoms. The van der Waals surface area contributed by atoms with Crippen molar-refractivity contribution in [2.24, 2.45) is 17.8 Å². The Bertz CT molecular complexity index is 1750. The van der Waals surface area contributed by atoms with Crippen molar-refractivity contribution in [2.45, 2.75) is 159 Å². The Balaban J connectivity index is 1.09. The van der Waals surface area contributed by atoms with Gasteiger partial charge in [0, 0.05) is 59.5 Å². The van der Waals surface area contributed by atoms with Crippen LogP contribution in [-0.2, 0) is 18.3 Å². The van der Waals surface area contributed by atoms with Crippen LogP contribution in [0.3, 0.4) is 0 Å². The smallest absolute Gasteiger partial charge is 0.114 e. The van der Waals surface area contributed by atoms with E-state index in [0.717, 1.165) is 55.6 Å². The van der Waals surface area contributed by atoms with Crippen molar-refractivity contribution in [2.75, 3.05) is 4.90 Å². The molecule has 3 heteroatoms. The van der Waals surface area contributed by atoms with E-state index in [1.54, 1.807) is 16.7 Å². The lowest BCUT2D eigenvalue weighted by molar-refractivity contribution is 0.0779.